The monoisotopic (exact) mass is 534 g/mol. The second kappa shape index (κ2) is 10.2. The van der Waals surface area contributed by atoms with Gasteiger partial charge in [0.25, 0.3) is 0 Å². The summed E-state index contributed by atoms with van der Waals surface area (Å²) in [5, 5.41) is 69.0. The third kappa shape index (κ3) is 5.29. The Hall–Kier alpha value is -5.91. The zero-order valence-corrected chi connectivity index (χ0v) is 19.5. The molecule has 0 saturated carbocycles. The molecule has 0 aliphatic rings. The molecular formula is C27H18O12. The van der Waals surface area contributed by atoms with Crippen LogP contribution in [0.3, 0.4) is 0 Å². The van der Waals surface area contributed by atoms with Crippen molar-refractivity contribution in [1.82, 2.24) is 0 Å². The maximum absolute atomic E-state index is 12.8. The van der Waals surface area contributed by atoms with Gasteiger partial charge < -0.3 is 45.2 Å². The van der Waals surface area contributed by atoms with E-state index in [1.54, 1.807) is 18.2 Å². The topological polar surface area (TPSA) is 211 Å². The summed E-state index contributed by atoms with van der Waals surface area (Å²) < 4.78 is 10.0. The lowest BCUT2D eigenvalue weighted by atomic mass is 10.0. The van der Waals surface area contributed by atoms with Crippen LogP contribution in [-0.4, -0.2) is 53.5 Å². The third-order valence-corrected chi connectivity index (χ3v) is 5.35. The largest absolute Gasteiger partial charge is 0.504 e. The Kier molecular flexibility index (Phi) is 6.86. The molecular weight excluding hydrogens is 516 g/mol. The number of hydrogen-bond donors (Lipinski definition) is 7. The van der Waals surface area contributed by atoms with Crippen LogP contribution >= 0.6 is 0 Å². The van der Waals surface area contributed by atoms with Gasteiger partial charge in [-0.3, -0.25) is 4.79 Å². The molecule has 7 N–H and O–H groups in total. The van der Waals surface area contributed by atoms with Crippen molar-refractivity contribution >= 4 is 17.7 Å². The number of ether oxygens (including phenoxy) is 2. The predicted octanol–water partition coefficient (Wildman–Crippen LogP) is 3.30. The molecule has 39 heavy (non-hydrogen) atoms. The van der Waals surface area contributed by atoms with Crippen LogP contribution in [0.1, 0.15) is 36.6 Å². The minimum absolute atomic E-state index is 0.122. The van der Waals surface area contributed by atoms with E-state index in [9.17, 15) is 50.1 Å². The van der Waals surface area contributed by atoms with Crippen LogP contribution in [0.5, 0.6) is 51.7 Å². The number of carbonyl (C=O) groups excluding carboxylic acids is 3. The van der Waals surface area contributed by atoms with E-state index in [0.29, 0.717) is 0 Å². The molecule has 4 aromatic carbocycles. The fourth-order valence-corrected chi connectivity index (χ4v) is 3.39. The van der Waals surface area contributed by atoms with Crippen molar-refractivity contribution in [1.29, 1.82) is 0 Å². The molecule has 0 fully saturated rings. The summed E-state index contributed by atoms with van der Waals surface area (Å²) >= 11 is 0. The van der Waals surface area contributed by atoms with Crippen molar-refractivity contribution in [3.63, 3.8) is 0 Å². The molecule has 0 aromatic heterocycles. The SMILES string of the molecule is O=C(Oc1cc(C(=O)Oc2cc(C(=O)c3ccccc3)cc(O)c2O)cc(O)c1O)c1cc(O)c(O)c(O)c1. The van der Waals surface area contributed by atoms with Gasteiger partial charge in [-0.05, 0) is 36.4 Å². The first-order valence-corrected chi connectivity index (χ1v) is 10.9. The molecule has 0 spiro atoms. The number of esters is 2. The standard InChI is InChI=1S/C27H18O12/c28-16-7-14(8-17(29)23(16)33)26(36)39-21-11-15(9-19(31)25(21)35)27(37)38-20-10-13(6-18(30)24(20)34)22(32)12-4-2-1-3-5-12/h1-11,28-31,33-35H. The van der Waals surface area contributed by atoms with Gasteiger partial charge in [-0.25, -0.2) is 9.59 Å². The van der Waals surface area contributed by atoms with Gasteiger partial charge in [0.1, 0.15) is 0 Å². The van der Waals surface area contributed by atoms with Crippen LogP contribution in [-0.2, 0) is 0 Å². The summed E-state index contributed by atoms with van der Waals surface area (Å²) in [6.45, 7) is 0. The number of hydrogen-bond acceptors (Lipinski definition) is 12. The highest BCUT2D eigenvalue weighted by Gasteiger charge is 2.23. The summed E-state index contributed by atoms with van der Waals surface area (Å²) in [5.74, 6) is -10.5. The van der Waals surface area contributed by atoms with Crippen LogP contribution in [0.2, 0.25) is 0 Å². The quantitative estimate of drug-likeness (QED) is 0.0822. The Morgan fingerprint density at radius 3 is 1.33 bits per heavy atom. The first-order valence-electron chi connectivity index (χ1n) is 10.9. The van der Waals surface area contributed by atoms with E-state index in [1.807, 2.05) is 0 Å². The minimum atomic E-state index is -1.27. The zero-order valence-electron chi connectivity index (χ0n) is 19.5. The highest BCUT2D eigenvalue weighted by Crippen LogP contribution is 2.41. The normalized spacial score (nSPS) is 10.6. The lowest BCUT2D eigenvalue weighted by Gasteiger charge is -2.12. The van der Waals surface area contributed by atoms with E-state index in [0.717, 1.165) is 36.4 Å². The minimum Gasteiger partial charge on any atom is -0.504 e. The third-order valence-electron chi connectivity index (χ3n) is 5.35. The lowest BCUT2D eigenvalue weighted by molar-refractivity contribution is 0.0707. The predicted molar refractivity (Wildman–Crippen MR) is 131 cm³/mol. The van der Waals surface area contributed by atoms with Crippen molar-refractivity contribution in [2.24, 2.45) is 0 Å². The Balaban J connectivity index is 1.62. The van der Waals surface area contributed by atoms with Gasteiger partial charge in [-0.15, -0.1) is 0 Å². The van der Waals surface area contributed by atoms with Gasteiger partial charge in [-0.2, -0.15) is 0 Å². The fraction of sp³-hybridized carbons (Fsp3) is 0. The molecule has 0 unspecified atom stereocenters. The number of phenols is 7. The van der Waals surface area contributed by atoms with Gasteiger partial charge in [0.15, 0.2) is 46.0 Å². The molecule has 12 heteroatoms. The highest BCUT2D eigenvalue weighted by atomic mass is 16.5. The van der Waals surface area contributed by atoms with Crippen molar-refractivity contribution in [2.75, 3.05) is 0 Å². The van der Waals surface area contributed by atoms with Gasteiger partial charge in [0.05, 0.1) is 11.1 Å². The van der Waals surface area contributed by atoms with Gasteiger partial charge >= 0.3 is 11.9 Å². The maximum atomic E-state index is 12.8. The number of ketones is 1. The summed E-state index contributed by atoms with van der Waals surface area (Å²) in [7, 11) is 0. The molecule has 0 atom stereocenters. The van der Waals surface area contributed by atoms with E-state index >= 15 is 0 Å². The molecule has 0 saturated heterocycles. The van der Waals surface area contributed by atoms with Crippen LogP contribution in [0.15, 0.2) is 66.7 Å². The molecule has 0 bridgehead atoms. The average Bonchev–Trinajstić information content (AvgIpc) is 2.91. The van der Waals surface area contributed by atoms with Gasteiger partial charge in [0, 0.05) is 11.1 Å². The smallest absolute Gasteiger partial charge is 0.343 e. The molecule has 4 rings (SSSR count). The van der Waals surface area contributed by atoms with Crippen LogP contribution < -0.4 is 9.47 Å². The maximum Gasteiger partial charge on any atom is 0.343 e. The Morgan fingerprint density at radius 1 is 0.462 bits per heavy atom. The van der Waals surface area contributed by atoms with Gasteiger partial charge in [0.2, 0.25) is 11.5 Å². The number of aromatic hydroxyl groups is 7. The first-order chi connectivity index (χ1) is 18.5. The Morgan fingerprint density at radius 2 is 0.846 bits per heavy atom. The summed E-state index contributed by atoms with van der Waals surface area (Å²) in [5.41, 5.74) is -0.828. The van der Waals surface area contributed by atoms with E-state index < -0.39 is 80.6 Å². The lowest BCUT2D eigenvalue weighted by Crippen LogP contribution is -2.12. The number of carbonyl (C=O) groups is 3. The highest BCUT2D eigenvalue weighted by molar-refractivity contribution is 6.09. The summed E-state index contributed by atoms with van der Waals surface area (Å²) in [6, 6.07) is 13.0. The van der Waals surface area contributed by atoms with Gasteiger partial charge in [-0.1, -0.05) is 30.3 Å². The number of benzene rings is 4. The molecule has 0 aliphatic heterocycles. The second-order valence-electron chi connectivity index (χ2n) is 8.02. The number of rotatable bonds is 6. The molecule has 0 heterocycles. The van der Waals surface area contributed by atoms with E-state index in [-0.39, 0.29) is 11.1 Å². The fourth-order valence-electron chi connectivity index (χ4n) is 3.39. The molecule has 12 nitrogen and oxygen atoms in total. The van der Waals surface area contributed by atoms with E-state index in [4.69, 9.17) is 9.47 Å². The van der Waals surface area contributed by atoms with Crippen molar-refractivity contribution in [3.05, 3.63) is 89.0 Å². The summed E-state index contributed by atoms with van der Waals surface area (Å²) in [6.07, 6.45) is 0. The van der Waals surface area contributed by atoms with Crippen molar-refractivity contribution < 1.29 is 59.6 Å². The molecule has 0 radical (unpaired) electrons. The van der Waals surface area contributed by atoms with E-state index in [1.165, 1.54) is 12.1 Å². The second-order valence-corrected chi connectivity index (χ2v) is 8.02. The molecule has 0 aliphatic carbocycles. The summed E-state index contributed by atoms with van der Waals surface area (Å²) in [4.78, 5) is 38.0. The molecule has 198 valence electrons. The van der Waals surface area contributed by atoms with E-state index in [2.05, 4.69) is 0 Å². The number of phenolic OH excluding ortho intramolecular Hbond substituents is 7. The van der Waals surface area contributed by atoms with Crippen LogP contribution in [0.25, 0.3) is 0 Å². The Bertz CT molecular complexity index is 1600. The average molecular weight is 534 g/mol. The van der Waals surface area contributed by atoms with Crippen molar-refractivity contribution in [2.45, 2.75) is 0 Å². The van der Waals surface area contributed by atoms with Crippen molar-refractivity contribution in [3.8, 4) is 51.7 Å². The Labute approximate surface area is 218 Å². The first kappa shape index (κ1) is 26.2. The molecule has 0 amide bonds. The molecule has 4 aromatic rings. The zero-order chi connectivity index (χ0) is 28.4. The van der Waals surface area contributed by atoms with Crippen LogP contribution in [0, 0.1) is 0 Å². The van der Waals surface area contributed by atoms with Crippen LogP contribution in [0.4, 0.5) is 0 Å².